The molecule has 2 aliphatic rings. The molecule has 1 unspecified atom stereocenters. The second-order valence-electron chi connectivity index (χ2n) is 5.46. The van der Waals surface area contributed by atoms with Crippen LogP contribution in [0.3, 0.4) is 0 Å². The Hall–Kier alpha value is -0.120. The van der Waals surface area contributed by atoms with Crippen LogP contribution in [0.5, 0.6) is 0 Å². The molecule has 0 aliphatic heterocycles. The summed E-state index contributed by atoms with van der Waals surface area (Å²) in [5, 5.41) is 10.5. The highest BCUT2D eigenvalue weighted by atomic mass is 79.9. The predicted octanol–water partition coefficient (Wildman–Crippen LogP) is 4.71. The van der Waals surface area contributed by atoms with Gasteiger partial charge < -0.3 is 5.11 Å². The zero-order chi connectivity index (χ0) is 12.9. The third-order valence-corrected chi connectivity index (χ3v) is 5.34. The molecule has 0 heterocycles. The van der Waals surface area contributed by atoms with E-state index in [1.165, 1.54) is 25.7 Å². The van der Waals surface area contributed by atoms with E-state index in [2.05, 4.69) is 15.9 Å². The quantitative estimate of drug-likeness (QED) is 0.791. The molecule has 0 radical (unpaired) electrons. The Balaban J connectivity index is 1.90. The SMILES string of the molecule is OC(c1ccc(Br)c(Cl)c1F)C(C1CC1)C1CC1. The van der Waals surface area contributed by atoms with Crippen LogP contribution in [0.15, 0.2) is 16.6 Å². The molecule has 1 aromatic carbocycles. The number of halogens is 3. The van der Waals surface area contributed by atoms with Crippen molar-refractivity contribution in [2.24, 2.45) is 17.8 Å². The van der Waals surface area contributed by atoms with Gasteiger partial charge in [-0.25, -0.2) is 4.39 Å². The van der Waals surface area contributed by atoms with Crippen LogP contribution < -0.4 is 0 Å². The Labute approximate surface area is 119 Å². The van der Waals surface area contributed by atoms with Crippen molar-refractivity contribution in [2.45, 2.75) is 31.8 Å². The van der Waals surface area contributed by atoms with Crippen LogP contribution >= 0.6 is 27.5 Å². The van der Waals surface area contributed by atoms with E-state index in [0.717, 1.165) is 0 Å². The average Bonchev–Trinajstić information content (AvgIpc) is 3.19. The normalized spacial score (nSPS) is 21.4. The van der Waals surface area contributed by atoms with Crippen molar-refractivity contribution >= 4 is 27.5 Å². The van der Waals surface area contributed by atoms with Gasteiger partial charge in [0.25, 0.3) is 0 Å². The van der Waals surface area contributed by atoms with Gasteiger partial charge in [-0.1, -0.05) is 17.7 Å². The zero-order valence-corrected chi connectivity index (χ0v) is 12.2. The van der Waals surface area contributed by atoms with E-state index in [9.17, 15) is 9.50 Å². The first-order valence-electron chi connectivity index (χ1n) is 6.41. The van der Waals surface area contributed by atoms with E-state index < -0.39 is 11.9 Å². The van der Waals surface area contributed by atoms with Crippen LogP contribution in [0.2, 0.25) is 5.02 Å². The smallest absolute Gasteiger partial charge is 0.148 e. The molecular formula is C14H15BrClFO. The third-order valence-electron chi connectivity index (χ3n) is 4.08. The fraction of sp³-hybridized carbons (Fsp3) is 0.571. The minimum atomic E-state index is -0.712. The highest BCUT2D eigenvalue weighted by molar-refractivity contribution is 9.10. The largest absolute Gasteiger partial charge is 0.388 e. The average molecular weight is 334 g/mol. The molecule has 1 atom stereocenters. The summed E-state index contributed by atoms with van der Waals surface area (Å²) < 4.78 is 14.7. The highest BCUT2D eigenvalue weighted by Crippen LogP contribution is 2.54. The van der Waals surface area contributed by atoms with Gasteiger partial charge in [-0.15, -0.1) is 0 Å². The first kappa shape index (κ1) is 12.9. The van der Waals surface area contributed by atoms with E-state index in [0.29, 0.717) is 21.9 Å². The summed E-state index contributed by atoms with van der Waals surface area (Å²) in [5.41, 5.74) is 0.354. The van der Waals surface area contributed by atoms with Gasteiger partial charge in [-0.05, 0) is 65.4 Å². The summed E-state index contributed by atoms with van der Waals surface area (Å²) in [4.78, 5) is 0. The topological polar surface area (TPSA) is 20.2 Å². The molecule has 0 aromatic heterocycles. The highest BCUT2D eigenvalue weighted by Gasteiger charge is 2.46. The summed E-state index contributed by atoms with van der Waals surface area (Å²) in [6.07, 6.45) is 3.97. The van der Waals surface area contributed by atoms with Crippen LogP contribution in [-0.2, 0) is 0 Å². The number of aliphatic hydroxyl groups is 1. The molecule has 3 rings (SSSR count). The van der Waals surface area contributed by atoms with Crippen LogP contribution in [0.25, 0.3) is 0 Å². The van der Waals surface area contributed by atoms with E-state index in [-0.39, 0.29) is 10.9 Å². The second kappa shape index (κ2) is 4.77. The van der Waals surface area contributed by atoms with Crippen molar-refractivity contribution in [2.75, 3.05) is 0 Å². The first-order valence-corrected chi connectivity index (χ1v) is 7.58. The number of hydrogen-bond donors (Lipinski definition) is 1. The summed E-state index contributed by atoms with van der Waals surface area (Å²) in [7, 11) is 0. The molecule has 0 bridgehead atoms. The molecule has 1 nitrogen and oxygen atoms in total. The standard InChI is InChI=1S/C14H15BrClFO/c15-10-6-5-9(13(17)12(10)16)14(18)11(7-1-2-7)8-3-4-8/h5-8,11,14,18H,1-4H2. The van der Waals surface area contributed by atoms with Crippen molar-refractivity contribution in [3.63, 3.8) is 0 Å². The van der Waals surface area contributed by atoms with Crippen molar-refractivity contribution in [3.8, 4) is 0 Å². The minimum absolute atomic E-state index is 0.0666. The Morgan fingerprint density at radius 3 is 2.28 bits per heavy atom. The van der Waals surface area contributed by atoms with Gasteiger partial charge in [-0.2, -0.15) is 0 Å². The summed E-state index contributed by atoms with van der Waals surface area (Å²) >= 11 is 9.08. The molecule has 2 fully saturated rings. The molecule has 18 heavy (non-hydrogen) atoms. The number of aliphatic hydroxyl groups excluding tert-OH is 1. The second-order valence-corrected chi connectivity index (χ2v) is 6.69. The lowest BCUT2D eigenvalue weighted by Crippen LogP contribution is -2.18. The molecule has 4 heteroatoms. The third kappa shape index (κ3) is 2.33. The van der Waals surface area contributed by atoms with Gasteiger partial charge in [0.1, 0.15) is 5.82 Å². The molecule has 0 saturated heterocycles. The van der Waals surface area contributed by atoms with E-state index in [1.54, 1.807) is 12.1 Å². The maximum absolute atomic E-state index is 14.1. The van der Waals surface area contributed by atoms with Gasteiger partial charge in [0.15, 0.2) is 0 Å². The zero-order valence-electron chi connectivity index (χ0n) is 9.87. The van der Waals surface area contributed by atoms with E-state index >= 15 is 0 Å². The van der Waals surface area contributed by atoms with Crippen LogP contribution in [0, 0.1) is 23.6 Å². The molecule has 1 aromatic rings. The molecule has 98 valence electrons. The van der Waals surface area contributed by atoms with Gasteiger partial charge in [0.2, 0.25) is 0 Å². The lowest BCUT2D eigenvalue weighted by Gasteiger charge is -2.23. The number of rotatable bonds is 4. The monoisotopic (exact) mass is 332 g/mol. The van der Waals surface area contributed by atoms with E-state index in [1.807, 2.05) is 0 Å². The maximum Gasteiger partial charge on any atom is 0.148 e. The summed E-state index contributed by atoms with van der Waals surface area (Å²) in [6.45, 7) is 0. The van der Waals surface area contributed by atoms with Crippen LogP contribution in [0.1, 0.15) is 37.4 Å². The van der Waals surface area contributed by atoms with E-state index in [4.69, 9.17) is 11.6 Å². The van der Waals surface area contributed by atoms with Crippen molar-refractivity contribution in [1.82, 2.24) is 0 Å². The first-order chi connectivity index (χ1) is 8.59. The van der Waals surface area contributed by atoms with Crippen molar-refractivity contribution in [1.29, 1.82) is 0 Å². The fourth-order valence-electron chi connectivity index (χ4n) is 2.84. The fourth-order valence-corrected chi connectivity index (χ4v) is 3.32. The summed E-state index contributed by atoms with van der Waals surface area (Å²) in [6, 6.07) is 3.36. The Morgan fingerprint density at radius 1 is 1.22 bits per heavy atom. The number of hydrogen-bond acceptors (Lipinski definition) is 1. The Bertz CT molecular complexity index is 459. The lowest BCUT2D eigenvalue weighted by molar-refractivity contribution is 0.0789. The number of benzene rings is 1. The van der Waals surface area contributed by atoms with Gasteiger partial charge in [0, 0.05) is 10.0 Å². The molecule has 2 aliphatic carbocycles. The molecular weight excluding hydrogens is 319 g/mol. The molecule has 1 N–H and O–H groups in total. The summed E-state index contributed by atoms with van der Waals surface area (Å²) in [5.74, 6) is 0.894. The Morgan fingerprint density at radius 2 is 1.78 bits per heavy atom. The predicted molar refractivity (Wildman–Crippen MR) is 73.0 cm³/mol. The molecule has 0 amide bonds. The van der Waals surface area contributed by atoms with Gasteiger partial charge >= 0.3 is 0 Å². The minimum Gasteiger partial charge on any atom is -0.388 e. The van der Waals surface area contributed by atoms with Gasteiger partial charge in [-0.3, -0.25) is 0 Å². The Kier molecular flexibility index (Phi) is 3.41. The maximum atomic E-state index is 14.1. The lowest BCUT2D eigenvalue weighted by atomic mass is 9.87. The van der Waals surface area contributed by atoms with Gasteiger partial charge in [0.05, 0.1) is 11.1 Å². The van der Waals surface area contributed by atoms with Crippen molar-refractivity contribution < 1.29 is 9.50 Å². The van der Waals surface area contributed by atoms with Crippen LogP contribution in [0.4, 0.5) is 4.39 Å². The van der Waals surface area contributed by atoms with Crippen molar-refractivity contribution in [3.05, 3.63) is 33.0 Å². The molecule has 2 saturated carbocycles. The van der Waals surface area contributed by atoms with Crippen LogP contribution in [-0.4, -0.2) is 5.11 Å². The molecule has 0 spiro atoms.